The molecule has 1 heterocycles. The first kappa shape index (κ1) is 12.4. The van der Waals surface area contributed by atoms with Crippen molar-refractivity contribution in [2.24, 2.45) is 11.8 Å². The molecule has 94 valence electrons. The number of methoxy groups -OCH3 is 1. The summed E-state index contributed by atoms with van der Waals surface area (Å²) in [5.74, 6) is 6.96. The van der Waals surface area contributed by atoms with Crippen LogP contribution in [0.4, 0.5) is 0 Å². The fourth-order valence-corrected chi connectivity index (χ4v) is 2.55. The first-order chi connectivity index (χ1) is 8.27. The quantitative estimate of drug-likeness (QED) is 0.616. The fraction of sp³-hybridized carbons (Fsp3) is 0.538. The summed E-state index contributed by atoms with van der Waals surface area (Å²) in [5, 5.41) is 0. The molecule has 0 aliphatic carbocycles. The molecule has 0 saturated carbocycles. The van der Waals surface area contributed by atoms with Crippen LogP contribution in [0.1, 0.15) is 24.9 Å². The highest BCUT2D eigenvalue weighted by Gasteiger charge is 2.33. The van der Waals surface area contributed by atoms with Crippen molar-refractivity contribution in [2.75, 3.05) is 13.7 Å². The lowest BCUT2D eigenvalue weighted by molar-refractivity contribution is 0.0950. The number of hydrazine groups is 1. The van der Waals surface area contributed by atoms with Crippen LogP contribution < -0.4 is 16.0 Å². The Balaban J connectivity index is 2.28. The standard InChI is InChI=1S/C13H20N2O2/c1-9-10(7-8-17-9)13(15-14)11-5-3-4-6-12(11)16-2/h3-6,9-10,13,15H,7-8,14H2,1-2H3. The third-order valence-corrected chi connectivity index (χ3v) is 3.52. The minimum absolute atomic E-state index is 0.0728. The van der Waals surface area contributed by atoms with Crippen LogP contribution in [0.15, 0.2) is 24.3 Å². The van der Waals surface area contributed by atoms with Gasteiger partial charge in [-0.25, -0.2) is 0 Å². The van der Waals surface area contributed by atoms with Gasteiger partial charge in [-0.05, 0) is 19.4 Å². The summed E-state index contributed by atoms with van der Waals surface area (Å²) in [6, 6.07) is 8.05. The number of para-hydroxylation sites is 1. The van der Waals surface area contributed by atoms with Crippen LogP contribution in [0.2, 0.25) is 0 Å². The average Bonchev–Trinajstić information content (AvgIpc) is 2.78. The van der Waals surface area contributed by atoms with E-state index in [4.69, 9.17) is 15.3 Å². The second-order valence-electron chi connectivity index (χ2n) is 4.41. The molecule has 0 aromatic heterocycles. The van der Waals surface area contributed by atoms with Gasteiger partial charge in [-0.15, -0.1) is 0 Å². The molecule has 3 atom stereocenters. The number of hydrogen-bond acceptors (Lipinski definition) is 4. The molecule has 1 fully saturated rings. The molecule has 4 heteroatoms. The van der Waals surface area contributed by atoms with Gasteiger partial charge < -0.3 is 9.47 Å². The Morgan fingerprint density at radius 1 is 1.47 bits per heavy atom. The summed E-state index contributed by atoms with van der Waals surface area (Å²) in [7, 11) is 1.68. The molecule has 3 N–H and O–H groups in total. The fourth-order valence-electron chi connectivity index (χ4n) is 2.55. The molecular formula is C13H20N2O2. The lowest BCUT2D eigenvalue weighted by atomic mass is 9.88. The zero-order valence-corrected chi connectivity index (χ0v) is 10.3. The molecule has 2 rings (SSSR count). The summed E-state index contributed by atoms with van der Waals surface area (Å²) in [4.78, 5) is 0. The predicted molar refractivity (Wildman–Crippen MR) is 66.6 cm³/mol. The summed E-state index contributed by atoms with van der Waals surface area (Å²) in [5.41, 5.74) is 4.00. The highest BCUT2D eigenvalue weighted by Crippen LogP contribution is 2.36. The van der Waals surface area contributed by atoms with E-state index >= 15 is 0 Å². The van der Waals surface area contributed by atoms with Crippen LogP contribution >= 0.6 is 0 Å². The largest absolute Gasteiger partial charge is 0.496 e. The molecule has 0 spiro atoms. The summed E-state index contributed by atoms with van der Waals surface area (Å²) in [6.07, 6.45) is 1.25. The lowest BCUT2D eigenvalue weighted by Crippen LogP contribution is -2.36. The van der Waals surface area contributed by atoms with E-state index in [2.05, 4.69) is 18.4 Å². The van der Waals surface area contributed by atoms with E-state index in [1.54, 1.807) is 7.11 Å². The number of nitrogens with two attached hydrogens (primary N) is 1. The van der Waals surface area contributed by atoms with Gasteiger partial charge in [0.2, 0.25) is 0 Å². The number of ether oxygens (including phenoxy) is 2. The normalized spacial score (nSPS) is 25.8. The van der Waals surface area contributed by atoms with Gasteiger partial charge in [-0.1, -0.05) is 18.2 Å². The second kappa shape index (κ2) is 5.49. The SMILES string of the molecule is COc1ccccc1C(NN)C1CCOC1C. The molecule has 17 heavy (non-hydrogen) atoms. The van der Waals surface area contributed by atoms with Crippen molar-refractivity contribution in [1.29, 1.82) is 0 Å². The topological polar surface area (TPSA) is 56.5 Å². The highest BCUT2D eigenvalue weighted by atomic mass is 16.5. The Bertz CT molecular complexity index is 370. The maximum absolute atomic E-state index is 5.71. The van der Waals surface area contributed by atoms with Gasteiger partial charge in [0, 0.05) is 18.1 Å². The Morgan fingerprint density at radius 2 is 2.24 bits per heavy atom. The molecule has 1 aliphatic rings. The molecule has 0 radical (unpaired) electrons. The Kier molecular flexibility index (Phi) is 3.99. The Morgan fingerprint density at radius 3 is 2.82 bits per heavy atom. The lowest BCUT2D eigenvalue weighted by Gasteiger charge is -2.26. The van der Waals surface area contributed by atoms with E-state index in [1.807, 2.05) is 18.2 Å². The van der Waals surface area contributed by atoms with E-state index in [1.165, 1.54) is 0 Å². The minimum atomic E-state index is 0.0728. The molecular weight excluding hydrogens is 216 g/mol. The zero-order valence-electron chi connectivity index (χ0n) is 10.3. The van der Waals surface area contributed by atoms with Crippen LogP contribution in [0.3, 0.4) is 0 Å². The Hall–Kier alpha value is -1.10. The van der Waals surface area contributed by atoms with Gasteiger partial charge in [-0.3, -0.25) is 11.3 Å². The third kappa shape index (κ3) is 2.44. The number of nitrogens with one attached hydrogen (secondary N) is 1. The van der Waals surface area contributed by atoms with E-state index in [0.717, 1.165) is 24.3 Å². The van der Waals surface area contributed by atoms with Gasteiger partial charge in [0.1, 0.15) is 5.75 Å². The van der Waals surface area contributed by atoms with Gasteiger partial charge in [0.05, 0.1) is 19.3 Å². The van der Waals surface area contributed by atoms with Gasteiger partial charge in [0.25, 0.3) is 0 Å². The molecule has 1 saturated heterocycles. The maximum Gasteiger partial charge on any atom is 0.123 e. The molecule has 1 aromatic rings. The summed E-state index contributed by atoms with van der Waals surface area (Å²) in [6.45, 7) is 2.90. The van der Waals surface area contributed by atoms with Crippen LogP contribution in [0.5, 0.6) is 5.75 Å². The van der Waals surface area contributed by atoms with Crippen molar-refractivity contribution >= 4 is 0 Å². The molecule has 0 bridgehead atoms. The monoisotopic (exact) mass is 236 g/mol. The van der Waals surface area contributed by atoms with E-state index in [-0.39, 0.29) is 12.1 Å². The van der Waals surface area contributed by atoms with Gasteiger partial charge >= 0.3 is 0 Å². The average molecular weight is 236 g/mol. The number of benzene rings is 1. The second-order valence-corrected chi connectivity index (χ2v) is 4.41. The van der Waals surface area contributed by atoms with Crippen molar-refractivity contribution in [1.82, 2.24) is 5.43 Å². The van der Waals surface area contributed by atoms with Crippen LogP contribution in [0.25, 0.3) is 0 Å². The molecule has 4 nitrogen and oxygen atoms in total. The van der Waals surface area contributed by atoms with E-state index in [0.29, 0.717) is 5.92 Å². The van der Waals surface area contributed by atoms with Crippen molar-refractivity contribution in [2.45, 2.75) is 25.5 Å². The predicted octanol–water partition coefficient (Wildman–Crippen LogP) is 1.62. The Labute approximate surface area is 102 Å². The van der Waals surface area contributed by atoms with Crippen molar-refractivity contribution < 1.29 is 9.47 Å². The van der Waals surface area contributed by atoms with Crippen LogP contribution in [-0.2, 0) is 4.74 Å². The molecule has 1 aromatic carbocycles. The van der Waals surface area contributed by atoms with Gasteiger partial charge in [-0.2, -0.15) is 0 Å². The smallest absolute Gasteiger partial charge is 0.123 e. The van der Waals surface area contributed by atoms with Crippen molar-refractivity contribution in [3.05, 3.63) is 29.8 Å². The maximum atomic E-state index is 5.71. The first-order valence-electron chi connectivity index (χ1n) is 5.98. The van der Waals surface area contributed by atoms with E-state index in [9.17, 15) is 0 Å². The molecule has 0 amide bonds. The number of hydrogen-bond donors (Lipinski definition) is 2. The number of rotatable bonds is 4. The minimum Gasteiger partial charge on any atom is -0.496 e. The van der Waals surface area contributed by atoms with E-state index < -0.39 is 0 Å². The molecule has 3 unspecified atom stereocenters. The van der Waals surface area contributed by atoms with Crippen LogP contribution in [-0.4, -0.2) is 19.8 Å². The van der Waals surface area contributed by atoms with Crippen molar-refractivity contribution in [3.8, 4) is 5.75 Å². The molecule has 1 aliphatic heterocycles. The highest BCUT2D eigenvalue weighted by molar-refractivity contribution is 5.36. The van der Waals surface area contributed by atoms with Crippen molar-refractivity contribution in [3.63, 3.8) is 0 Å². The zero-order chi connectivity index (χ0) is 12.3. The third-order valence-electron chi connectivity index (χ3n) is 3.52. The summed E-state index contributed by atoms with van der Waals surface area (Å²) < 4.78 is 11.0. The summed E-state index contributed by atoms with van der Waals surface area (Å²) >= 11 is 0. The van der Waals surface area contributed by atoms with Crippen LogP contribution in [0, 0.1) is 5.92 Å². The van der Waals surface area contributed by atoms with Gasteiger partial charge in [0.15, 0.2) is 0 Å². The first-order valence-corrected chi connectivity index (χ1v) is 5.98.